The molecule has 3 heterocycles. The molecule has 0 spiro atoms. The SMILES string of the molecule is CC[C@@H]1C[C@H](Nc2ncc(N3CCC(C(=O)O)CC3)c(Cc3cc(C(F)(F)F)cc(C(F)(F)F)c3)n2)c2cc(OC)ccc2N1C(=O)O. The third-order valence-electron chi connectivity index (χ3n) is 8.77. The van der Waals surface area contributed by atoms with Gasteiger partial charge in [-0.25, -0.2) is 14.8 Å². The van der Waals surface area contributed by atoms with Crippen molar-refractivity contribution in [1.82, 2.24) is 9.97 Å². The third kappa shape index (κ3) is 7.36. The normalized spacial score (nSPS) is 18.8. The van der Waals surface area contributed by atoms with Gasteiger partial charge in [0.15, 0.2) is 0 Å². The topological polar surface area (TPSA) is 128 Å². The van der Waals surface area contributed by atoms with E-state index in [-0.39, 0.29) is 49.2 Å². The lowest BCUT2D eigenvalue weighted by Gasteiger charge is -2.39. The second-order valence-corrected chi connectivity index (χ2v) is 11.8. The average molecular weight is 682 g/mol. The fraction of sp³-hybridized carbons (Fsp3) is 0.438. The molecular formula is C32H33F6N5O5. The molecule has 10 nitrogen and oxygen atoms in total. The van der Waals surface area contributed by atoms with Crippen molar-refractivity contribution in [2.75, 3.05) is 35.3 Å². The van der Waals surface area contributed by atoms with Gasteiger partial charge in [0.25, 0.3) is 0 Å². The Hall–Kier alpha value is -4.76. The van der Waals surface area contributed by atoms with Crippen LogP contribution in [0.3, 0.4) is 0 Å². The van der Waals surface area contributed by atoms with Crippen LogP contribution in [-0.4, -0.2) is 58.5 Å². The molecule has 0 unspecified atom stereocenters. The van der Waals surface area contributed by atoms with E-state index in [0.29, 0.717) is 47.7 Å². The first kappa shape index (κ1) is 34.6. The van der Waals surface area contributed by atoms with E-state index in [9.17, 15) is 46.1 Å². The number of anilines is 3. The quantitative estimate of drug-likeness (QED) is 0.211. The first-order valence-electron chi connectivity index (χ1n) is 15.2. The van der Waals surface area contributed by atoms with Crippen LogP contribution in [0.25, 0.3) is 0 Å². The maximum absolute atomic E-state index is 13.7. The lowest BCUT2D eigenvalue weighted by Crippen LogP contribution is -2.45. The number of nitrogens with zero attached hydrogens (tertiary/aromatic N) is 4. The monoisotopic (exact) mass is 681 g/mol. The molecule has 0 radical (unpaired) electrons. The highest BCUT2D eigenvalue weighted by atomic mass is 19.4. The molecule has 1 fully saturated rings. The smallest absolute Gasteiger partial charge is 0.416 e. The molecule has 1 saturated heterocycles. The molecule has 1 aromatic heterocycles. The van der Waals surface area contributed by atoms with Crippen molar-refractivity contribution >= 4 is 29.4 Å². The molecule has 16 heteroatoms. The fourth-order valence-corrected chi connectivity index (χ4v) is 6.32. The van der Waals surface area contributed by atoms with Crippen LogP contribution in [0.2, 0.25) is 0 Å². The fourth-order valence-electron chi connectivity index (χ4n) is 6.32. The van der Waals surface area contributed by atoms with Gasteiger partial charge in [-0.3, -0.25) is 9.69 Å². The number of carbonyl (C=O) groups is 2. The number of rotatable bonds is 8. The minimum atomic E-state index is -5.04. The molecule has 0 saturated carbocycles. The van der Waals surface area contributed by atoms with Crippen molar-refractivity contribution in [3.63, 3.8) is 0 Å². The van der Waals surface area contributed by atoms with Gasteiger partial charge in [0.2, 0.25) is 5.95 Å². The molecule has 258 valence electrons. The minimum Gasteiger partial charge on any atom is -0.497 e. The maximum atomic E-state index is 13.7. The highest BCUT2D eigenvalue weighted by Crippen LogP contribution is 2.42. The molecule has 2 aliphatic heterocycles. The van der Waals surface area contributed by atoms with Gasteiger partial charge in [0, 0.05) is 31.1 Å². The van der Waals surface area contributed by atoms with E-state index in [1.165, 1.54) is 18.2 Å². The number of methoxy groups -OCH3 is 1. The van der Waals surface area contributed by atoms with E-state index >= 15 is 0 Å². The Morgan fingerprint density at radius 3 is 2.17 bits per heavy atom. The van der Waals surface area contributed by atoms with E-state index in [1.54, 1.807) is 23.1 Å². The van der Waals surface area contributed by atoms with Crippen LogP contribution in [0.5, 0.6) is 5.75 Å². The number of ether oxygens (including phenoxy) is 1. The zero-order valence-corrected chi connectivity index (χ0v) is 25.9. The molecule has 5 rings (SSSR count). The summed E-state index contributed by atoms with van der Waals surface area (Å²) in [7, 11) is 1.46. The van der Waals surface area contributed by atoms with Crippen molar-refractivity contribution in [2.45, 2.75) is 63.5 Å². The van der Waals surface area contributed by atoms with Crippen LogP contribution in [0, 0.1) is 5.92 Å². The van der Waals surface area contributed by atoms with Crippen molar-refractivity contribution in [3.05, 3.63) is 70.5 Å². The molecule has 2 aromatic carbocycles. The number of hydrogen-bond donors (Lipinski definition) is 3. The number of piperidine rings is 1. The maximum Gasteiger partial charge on any atom is 0.416 e. The first-order valence-corrected chi connectivity index (χ1v) is 15.2. The van der Waals surface area contributed by atoms with Gasteiger partial charge in [-0.1, -0.05) is 6.92 Å². The summed E-state index contributed by atoms with van der Waals surface area (Å²) in [5.74, 6) is -1.06. The van der Waals surface area contributed by atoms with E-state index in [0.717, 1.165) is 0 Å². The number of fused-ring (bicyclic) bond motifs is 1. The lowest BCUT2D eigenvalue weighted by atomic mass is 9.90. The van der Waals surface area contributed by atoms with Crippen molar-refractivity contribution in [1.29, 1.82) is 0 Å². The Balaban J connectivity index is 1.56. The van der Waals surface area contributed by atoms with Crippen molar-refractivity contribution in [3.8, 4) is 5.75 Å². The van der Waals surface area contributed by atoms with Gasteiger partial charge in [-0.15, -0.1) is 0 Å². The van der Waals surface area contributed by atoms with Gasteiger partial charge < -0.3 is 25.2 Å². The van der Waals surface area contributed by atoms with Gasteiger partial charge in [-0.05, 0) is 67.6 Å². The molecular weight excluding hydrogens is 648 g/mol. The van der Waals surface area contributed by atoms with E-state index in [2.05, 4.69) is 15.3 Å². The summed E-state index contributed by atoms with van der Waals surface area (Å²) in [6.45, 7) is 2.36. The zero-order valence-electron chi connectivity index (χ0n) is 25.9. The van der Waals surface area contributed by atoms with Gasteiger partial charge in [-0.2, -0.15) is 26.3 Å². The zero-order chi connectivity index (χ0) is 35.0. The summed E-state index contributed by atoms with van der Waals surface area (Å²) >= 11 is 0. The number of carboxylic acids is 1. The molecule has 48 heavy (non-hydrogen) atoms. The van der Waals surface area contributed by atoms with Crippen LogP contribution in [0.4, 0.5) is 48.5 Å². The summed E-state index contributed by atoms with van der Waals surface area (Å²) in [5.41, 5.74) is -1.71. The Morgan fingerprint density at radius 2 is 1.62 bits per heavy atom. The summed E-state index contributed by atoms with van der Waals surface area (Å²) in [6.07, 6.45) is -8.89. The first-order chi connectivity index (χ1) is 22.6. The number of aromatic nitrogens is 2. The van der Waals surface area contributed by atoms with Crippen LogP contribution in [0.15, 0.2) is 42.6 Å². The highest BCUT2D eigenvalue weighted by molar-refractivity contribution is 5.89. The largest absolute Gasteiger partial charge is 0.497 e. The van der Waals surface area contributed by atoms with Crippen LogP contribution >= 0.6 is 0 Å². The van der Waals surface area contributed by atoms with Gasteiger partial charge in [0.1, 0.15) is 5.75 Å². The molecule has 3 N–H and O–H groups in total. The third-order valence-corrected chi connectivity index (χ3v) is 8.77. The summed E-state index contributed by atoms with van der Waals surface area (Å²) in [5, 5.41) is 22.6. The number of halogens is 6. The van der Waals surface area contributed by atoms with E-state index in [1.807, 2.05) is 6.92 Å². The number of benzene rings is 2. The number of carboxylic acid groups (broad SMARTS) is 2. The van der Waals surface area contributed by atoms with Crippen LogP contribution in [-0.2, 0) is 23.6 Å². The van der Waals surface area contributed by atoms with Crippen molar-refractivity contribution < 1.29 is 50.9 Å². The second kappa shape index (κ2) is 13.4. The number of amides is 1. The Morgan fingerprint density at radius 1 is 0.979 bits per heavy atom. The number of aliphatic carboxylic acids is 1. The molecule has 0 bridgehead atoms. The average Bonchev–Trinajstić information content (AvgIpc) is 3.03. The lowest BCUT2D eigenvalue weighted by molar-refractivity contribution is -0.144. The van der Waals surface area contributed by atoms with Gasteiger partial charge >= 0.3 is 24.4 Å². The van der Waals surface area contributed by atoms with Crippen molar-refractivity contribution in [2.24, 2.45) is 5.92 Å². The summed E-state index contributed by atoms with van der Waals surface area (Å²) in [4.78, 5) is 35.8. The summed E-state index contributed by atoms with van der Waals surface area (Å²) < 4.78 is 87.4. The predicted molar refractivity (Wildman–Crippen MR) is 162 cm³/mol. The molecule has 3 aromatic rings. The number of alkyl halides is 6. The van der Waals surface area contributed by atoms with E-state index in [4.69, 9.17) is 4.74 Å². The molecule has 0 aliphatic carbocycles. The predicted octanol–water partition coefficient (Wildman–Crippen LogP) is 7.23. The molecule has 1 amide bonds. The number of hydrogen-bond acceptors (Lipinski definition) is 7. The van der Waals surface area contributed by atoms with Gasteiger partial charge in [0.05, 0.1) is 53.5 Å². The minimum absolute atomic E-state index is 0.0228. The van der Waals surface area contributed by atoms with E-state index < -0.39 is 60.0 Å². The Labute approximate surface area is 271 Å². The standard InChI is InChI=1S/C32H33F6N5O5/c1-3-21-14-24(23-15-22(48-2)4-5-26(23)43(21)30(46)47)40-29-39-16-27(42-8-6-18(7-9-42)28(44)45)25(41-29)12-17-10-19(31(33,34)35)13-20(11-17)32(36,37)38/h4-5,10-11,13,15-16,18,21,24H,3,6-9,12,14H2,1-2H3,(H,44,45)(H,46,47)(H,39,40,41)/t21-,24+/m1/s1. The number of nitrogens with one attached hydrogen (secondary N) is 1. The summed E-state index contributed by atoms with van der Waals surface area (Å²) in [6, 6.07) is 5.34. The second-order valence-electron chi connectivity index (χ2n) is 11.8. The van der Waals surface area contributed by atoms with Crippen LogP contribution in [0.1, 0.15) is 66.6 Å². The molecule has 2 atom stereocenters. The highest BCUT2D eigenvalue weighted by Gasteiger charge is 2.38. The Bertz CT molecular complexity index is 1640. The Kier molecular flexibility index (Phi) is 9.65. The van der Waals surface area contributed by atoms with Crippen LogP contribution < -0.4 is 19.9 Å². The molecule has 2 aliphatic rings.